The second-order valence-corrected chi connectivity index (χ2v) is 3.55. The zero-order valence-corrected chi connectivity index (χ0v) is 9.87. The van der Waals surface area contributed by atoms with Gasteiger partial charge in [0, 0.05) is 32.4 Å². The highest BCUT2D eigenvalue weighted by Gasteiger charge is 2.12. The average molecular weight is 227 g/mol. The van der Waals surface area contributed by atoms with Gasteiger partial charge in [0.1, 0.15) is 5.82 Å². The van der Waals surface area contributed by atoms with Crippen molar-refractivity contribution in [1.29, 1.82) is 0 Å². The van der Waals surface area contributed by atoms with Crippen LogP contribution in [0.15, 0.2) is 24.3 Å². The van der Waals surface area contributed by atoms with E-state index in [1.54, 1.807) is 26.4 Å². The Hall–Kier alpha value is -0.970. The van der Waals surface area contributed by atoms with Crippen LogP contribution in [-0.2, 0) is 9.47 Å². The fourth-order valence-corrected chi connectivity index (χ4v) is 1.47. The van der Waals surface area contributed by atoms with E-state index in [-0.39, 0.29) is 18.1 Å². The molecule has 0 aliphatic carbocycles. The van der Waals surface area contributed by atoms with Crippen molar-refractivity contribution in [2.75, 3.05) is 20.8 Å². The van der Waals surface area contributed by atoms with Crippen LogP contribution in [0.25, 0.3) is 0 Å². The van der Waals surface area contributed by atoms with E-state index in [1.807, 2.05) is 13.0 Å². The van der Waals surface area contributed by atoms with Crippen molar-refractivity contribution in [3.8, 4) is 0 Å². The second kappa shape index (κ2) is 6.58. The number of halogens is 1. The van der Waals surface area contributed by atoms with Gasteiger partial charge in [0.25, 0.3) is 0 Å². The van der Waals surface area contributed by atoms with E-state index in [2.05, 4.69) is 5.32 Å². The van der Waals surface area contributed by atoms with Gasteiger partial charge in [0.15, 0.2) is 6.29 Å². The monoisotopic (exact) mass is 227 g/mol. The van der Waals surface area contributed by atoms with E-state index >= 15 is 0 Å². The van der Waals surface area contributed by atoms with Crippen molar-refractivity contribution in [2.24, 2.45) is 0 Å². The number of methoxy groups -OCH3 is 2. The van der Waals surface area contributed by atoms with Crippen LogP contribution >= 0.6 is 0 Å². The first-order valence-corrected chi connectivity index (χ1v) is 5.22. The van der Waals surface area contributed by atoms with E-state index in [0.29, 0.717) is 12.1 Å². The van der Waals surface area contributed by atoms with Crippen LogP contribution in [0.1, 0.15) is 18.5 Å². The van der Waals surface area contributed by atoms with Gasteiger partial charge in [-0.25, -0.2) is 4.39 Å². The lowest BCUT2D eigenvalue weighted by atomic mass is 10.1. The summed E-state index contributed by atoms with van der Waals surface area (Å²) in [5.74, 6) is -0.200. The Bertz CT molecular complexity index is 316. The number of hydrogen-bond donors (Lipinski definition) is 1. The molecule has 1 atom stereocenters. The predicted octanol–water partition coefficient (Wildman–Crippen LogP) is 2.10. The molecule has 90 valence electrons. The molecule has 1 aromatic rings. The largest absolute Gasteiger partial charge is 0.355 e. The molecule has 1 rings (SSSR count). The van der Waals surface area contributed by atoms with Crippen molar-refractivity contribution >= 4 is 0 Å². The molecule has 0 bridgehead atoms. The molecular weight excluding hydrogens is 209 g/mol. The third-order valence-corrected chi connectivity index (χ3v) is 2.49. The molecule has 0 heterocycles. The zero-order valence-electron chi connectivity index (χ0n) is 9.87. The van der Waals surface area contributed by atoms with Crippen LogP contribution in [-0.4, -0.2) is 27.1 Å². The van der Waals surface area contributed by atoms with Gasteiger partial charge in [-0.2, -0.15) is 0 Å². The van der Waals surface area contributed by atoms with E-state index in [0.717, 1.165) is 0 Å². The minimum atomic E-state index is -0.311. The van der Waals surface area contributed by atoms with E-state index in [1.165, 1.54) is 6.07 Å². The standard InChI is InChI=1S/C12H18FNO2/c1-9(14-8-12(15-2)16-3)10-6-4-5-7-11(10)13/h4-7,9,12,14H,8H2,1-3H3/t9-/m1/s1. The number of hydrogen-bond acceptors (Lipinski definition) is 3. The normalized spacial score (nSPS) is 13.1. The lowest BCUT2D eigenvalue weighted by molar-refractivity contribution is -0.0997. The van der Waals surface area contributed by atoms with Crippen molar-refractivity contribution in [3.05, 3.63) is 35.6 Å². The van der Waals surface area contributed by atoms with Crippen LogP contribution in [0, 0.1) is 5.82 Å². The molecule has 0 radical (unpaired) electrons. The first kappa shape index (κ1) is 13.1. The fourth-order valence-electron chi connectivity index (χ4n) is 1.47. The summed E-state index contributed by atoms with van der Waals surface area (Å²) in [6, 6.07) is 6.65. The maximum Gasteiger partial charge on any atom is 0.169 e. The maximum absolute atomic E-state index is 13.4. The summed E-state index contributed by atoms with van der Waals surface area (Å²) in [5, 5.41) is 3.15. The number of benzene rings is 1. The van der Waals surface area contributed by atoms with Gasteiger partial charge < -0.3 is 14.8 Å². The van der Waals surface area contributed by atoms with Crippen LogP contribution in [0.4, 0.5) is 4.39 Å². The molecule has 4 heteroatoms. The van der Waals surface area contributed by atoms with Crippen molar-refractivity contribution in [3.63, 3.8) is 0 Å². The first-order chi connectivity index (χ1) is 7.69. The Morgan fingerprint density at radius 1 is 1.25 bits per heavy atom. The van der Waals surface area contributed by atoms with Crippen LogP contribution in [0.2, 0.25) is 0 Å². The lowest BCUT2D eigenvalue weighted by Gasteiger charge is -2.19. The first-order valence-electron chi connectivity index (χ1n) is 5.22. The fraction of sp³-hybridized carbons (Fsp3) is 0.500. The van der Waals surface area contributed by atoms with Gasteiger partial charge in [-0.05, 0) is 13.0 Å². The Labute approximate surface area is 95.6 Å². The smallest absolute Gasteiger partial charge is 0.169 e. The van der Waals surface area contributed by atoms with Crippen LogP contribution in [0.5, 0.6) is 0 Å². The molecule has 0 unspecified atom stereocenters. The molecule has 0 amide bonds. The van der Waals surface area contributed by atoms with Gasteiger partial charge >= 0.3 is 0 Å². The molecule has 1 aromatic carbocycles. The SMILES string of the molecule is COC(CN[C@H](C)c1ccccc1F)OC. The van der Waals surface area contributed by atoms with Crippen molar-refractivity contribution in [1.82, 2.24) is 5.32 Å². The number of rotatable bonds is 6. The highest BCUT2D eigenvalue weighted by molar-refractivity contribution is 5.20. The molecule has 0 aromatic heterocycles. The van der Waals surface area contributed by atoms with Gasteiger partial charge in [-0.1, -0.05) is 18.2 Å². The molecule has 0 saturated heterocycles. The molecular formula is C12H18FNO2. The summed E-state index contributed by atoms with van der Waals surface area (Å²) in [4.78, 5) is 0. The van der Waals surface area contributed by atoms with Gasteiger partial charge in [0.2, 0.25) is 0 Å². The van der Waals surface area contributed by atoms with Crippen molar-refractivity contribution < 1.29 is 13.9 Å². The van der Waals surface area contributed by atoms with Gasteiger partial charge in [0.05, 0.1) is 0 Å². The Morgan fingerprint density at radius 2 is 1.88 bits per heavy atom. The van der Waals surface area contributed by atoms with E-state index in [9.17, 15) is 4.39 Å². The van der Waals surface area contributed by atoms with Gasteiger partial charge in [-0.15, -0.1) is 0 Å². The third-order valence-electron chi connectivity index (χ3n) is 2.49. The number of ether oxygens (including phenoxy) is 2. The minimum Gasteiger partial charge on any atom is -0.355 e. The summed E-state index contributed by atoms with van der Waals surface area (Å²) >= 11 is 0. The predicted molar refractivity (Wildman–Crippen MR) is 60.6 cm³/mol. The highest BCUT2D eigenvalue weighted by atomic mass is 19.1. The van der Waals surface area contributed by atoms with E-state index < -0.39 is 0 Å². The second-order valence-electron chi connectivity index (χ2n) is 3.55. The molecule has 3 nitrogen and oxygen atoms in total. The summed E-state index contributed by atoms with van der Waals surface area (Å²) in [7, 11) is 3.15. The molecule has 16 heavy (non-hydrogen) atoms. The van der Waals surface area contributed by atoms with Crippen LogP contribution in [0.3, 0.4) is 0 Å². The summed E-state index contributed by atoms with van der Waals surface area (Å²) in [6.07, 6.45) is -0.311. The Kier molecular flexibility index (Phi) is 5.38. The molecule has 0 fully saturated rings. The maximum atomic E-state index is 13.4. The molecule has 0 saturated carbocycles. The Balaban J connectivity index is 2.52. The summed E-state index contributed by atoms with van der Waals surface area (Å²) in [6.45, 7) is 2.42. The molecule has 0 aliphatic rings. The van der Waals surface area contributed by atoms with Crippen LogP contribution < -0.4 is 5.32 Å². The topological polar surface area (TPSA) is 30.5 Å². The van der Waals surface area contributed by atoms with Gasteiger partial charge in [-0.3, -0.25) is 0 Å². The summed E-state index contributed by atoms with van der Waals surface area (Å²) < 4.78 is 23.5. The molecule has 1 N–H and O–H groups in total. The molecule has 0 spiro atoms. The van der Waals surface area contributed by atoms with Crippen molar-refractivity contribution in [2.45, 2.75) is 19.3 Å². The summed E-state index contributed by atoms with van der Waals surface area (Å²) in [5.41, 5.74) is 0.647. The highest BCUT2D eigenvalue weighted by Crippen LogP contribution is 2.15. The number of nitrogens with one attached hydrogen (secondary N) is 1. The minimum absolute atomic E-state index is 0.0750. The Morgan fingerprint density at radius 3 is 2.44 bits per heavy atom. The van der Waals surface area contributed by atoms with E-state index in [4.69, 9.17) is 9.47 Å². The quantitative estimate of drug-likeness (QED) is 0.755. The third kappa shape index (κ3) is 3.56. The lowest BCUT2D eigenvalue weighted by Crippen LogP contribution is -2.31. The zero-order chi connectivity index (χ0) is 12.0. The average Bonchev–Trinajstić information content (AvgIpc) is 2.30. The molecule has 0 aliphatic heterocycles.